The molecule has 0 amide bonds. The van der Waals surface area contributed by atoms with E-state index in [1.807, 2.05) is 6.20 Å². The maximum absolute atomic E-state index is 6.02. The molecular weight excluding hydrogens is 237 g/mol. The maximum Gasteiger partial charge on any atom is 0.514 e. The van der Waals surface area contributed by atoms with Gasteiger partial charge in [0, 0.05) is 6.20 Å². The van der Waals surface area contributed by atoms with E-state index in [2.05, 4.69) is 59.5 Å². The number of rotatable bonds is 2. The minimum atomic E-state index is -0.370. The zero-order valence-electron chi connectivity index (χ0n) is 13.1. The third-order valence-corrected chi connectivity index (χ3v) is 4.29. The molecule has 0 aromatic carbocycles. The van der Waals surface area contributed by atoms with Crippen LogP contribution in [-0.2, 0) is 9.31 Å². The van der Waals surface area contributed by atoms with Gasteiger partial charge in [-0.25, -0.2) is 0 Å². The zero-order valence-corrected chi connectivity index (χ0v) is 13.1. The number of hydrogen-bond donors (Lipinski definition) is 0. The Bertz CT molecular complexity index is 467. The molecule has 0 atom stereocenters. The fraction of sp³-hybridized carbons (Fsp3) is 0.667. The third-order valence-electron chi connectivity index (χ3n) is 4.29. The Morgan fingerprint density at radius 3 is 2.05 bits per heavy atom. The molecule has 1 aromatic heterocycles. The molecule has 1 aliphatic heterocycles. The third kappa shape index (κ3) is 2.56. The van der Waals surface area contributed by atoms with Crippen LogP contribution in [0.25, 0.3) is 0 Å². The molecule has 104 valence electrons. The quantitative estimate of drug-likeness (QED) is 0.767. The van der Waals surface area contributed by atoms with Crippen molar-refractivity contribution in [2.24, 2.45) is 0 Å². The highest BCUT2D eigenvalue weighted by atomic mass is 16.7. The topological polar surface area (TPSA) is 31.4 Å². The second kappa shape index (κ2) is 4.60. The van der Waals surface area contributed by atoms with Gasteiger partial charge in [0.05, 0.1) is 16.8 Å². The molecule has 1 aliphatic rings. The molecule has 1 saturated heterocycles. The first-order valence-corrected chi connectivity index (χ1v) is 6.96. The van der Waals surface area contributed by atoms with Crippen LogP contribution in [0.1, 0.15) is 58.6 Å². The Morgan fingerprint density at radius 2 is 1.63 bits per heavy atom. The first-order valence-electron chi connectivity index (χ1n) is 6.96. The molecule has 0 spiro atoms. The van der Waals surface area contributed by atoms with Gasteiger partial charge in [0.1, 0.15) is 0 Å². The summed E-state index contributed by atoms with van der Waals surface area (Å²) in [5.74, 6) is 0.486. The van der Waals surface area contributed by atoms with E-state index in [1.165, 1.54) is 11.1 Å². The summed E-state index contributed by atoms with van der Waals surface area (Å²) in [5.41, 5.74) is 2.75. The fourth-order valence-electron chi connectivity index (χ4n) is 2.29. The molecule has 0 saturated carbocycles. The number of nitrogens with zero attached hydrogens (tertiary/aromatic N) is 1. The first-order chi connectivity index (χ1) is 8.64. The molecular formula is C15H24BNO2. The van der Waals surface area contributed by atoms with Gasteiger partial charge in [0.2, 0.25) is 0 Å². The number of pyridine rings is 1. The second-order valence-electron chi connectivity index (χ2n) is 6.71. The number of aromatic nitrogens is 1. The molecule has 4 heteroatoms. The van der Waals surface area contributed by atoms with Crippen molar-refractivity contribution in [1.82, 2.24) is 4.98 Å². The van der Waals surface area contributed by atoms with Gasteiger partial charge in [-0.05, 0) is 57.7 Å². The Morgan fingerprint density at radius 1 is 1.11 bits per heavy atom. The molecule has 0 unspecified atom stereocenters. The minimum Gasteiger partial charge on any atom is -0.398 e. The van der Waals surface area contributed by atoms with Gasteiger partial charge >= 0.3 is 7.12 Å². The zero-order chi connectivity index (χ0) is 14.4. The lowest BCUT2D eigenvalue weighted by Gasteiger charge is -2.32. The summed E-state index contributed by atoms with van der Waals surface area (Å²) in [4.78, 5) is 4.52. The molecule has 1 fully saturated rings. The van der Waals surface area contributed by atoms with Gasteiger partial charge in [-0.1, -0.05) is 13.8 Å². The highest BCUT2D eigenvalue weighted by molar-refractivity contribution is 6.61. The van der Waals surface area contributed by atoms with Crippen molar-refractivity contribution >= 4 is 12.7 Å². The smallest absolute Gasteiger partial charge is 0.398 e. The summed E-state index contributed by atoms with van der Waals surface area (Å²) in [7, 11) is -0.370. The average Bonchev–Trinajstić information content (AvgIpc) is 2.47. The lowest BCUT2D eigenvalue weighted by atomic mass is 9.82. The van der Waals surface area contributed by atoms with E-state index in [1.54, 1.807) is 0 Å². The van der Waals surface area contributed by atoms with Crippen molar-refractivity contribution in [3.05, 3.63) is 23.4 Å². The average molecular weight is 261 g/mol. The Balaban J connectivity index is 2.28. The Hall–Kier alpha value is -0.865. The van der Waals surface area contributed by atoms with Crippen LogP contribution in [0.15, 0.2) is 12.3 Å². The molecule has 2 rings (SSSR count). The van der Waals surface area contributed by atoms with Crippen LogP contribution in [0.3, 0.4) is 0 Å². The highest BCUT2D eigenvalue weighted by Gasteiger charge is 2.52. The van der Waals surface area contributed by atoms with E-state index in [9.17, 15) is 0 Å². The van der Waals surface area contributed by atoms with Crippen LogP contribution in [0, 0.1) is 6.92 Å². The summed E-state index contributed by atoms with van der Waals surface area (Å²) in [6.07, 6.45) is 1.94. The number of hydrogen-bond acceptors (Lipinski definition) is 3. The largest absolute Gasteiger partial charge is 0.514 e. The van der Waals surface area contributed by atoms with Crippen LogP contribution in [0.2, 0.25) is 0 Å². The van der Waals surface area contributed by atoms with Gasteiger partial charge < -0.3 is 9.31 Å². The lowest BCUT2D eigenvalue weighted by molar-refractivity contribution is 0.00578. The van der Waals surface area contributed by atoms with Crippen molar-refractivity contribution < 1.29 is 9.31 Å². The lowest BCUT2D eigenvalue weighted by Crippen LogP contribution is -2.41. The van der Waals surface area contributed by atoms with Crippen LogP contribution < -0.4 is 5.59 Å². The molecule has 0 radical (unpaired) electrons. The normalized spacial score (nSPS) is 21.2. The van der Waals surface area contributed by atoms with E-state index in [-0.39, 0.29) is 18.3 Å². The molecule has 0 N–H and O–H groups in total. The Labute approximate surface area is 116 Å². The molecule has 1 aromatic rings. The van der Waals surface area contributed by atoms with Crippen molar-refractivity contribution in [3.8, 4) is 0 Å². The van der Waals surface area contributed by atoms with Gasteiger partial charge in [-0.15, -0.1) is 0 Å². The predicted octanol–water partition coefficient (Wildman–Crippen LogP) is 2.81. The van der Waals surface area contributed by atoms with Gasteiger partial charge in [-0.3, -0.25) is 4.98 Å². The summed E-state index contributed by atoms with van der Waals surface area (Å²) < 4.78 is 12.0. The van der Waals surface area contributed by atoms with Crippen LogP contribution in [0.5, 0.6) is 0 Å². The van der Waals surface area contributed by atoms with Gasteiger partial charge in [-0.2, -0.15) is 0 Å². The van der Waals surface area contributed by atoms with E-state index in [0.29, 0.717) is 5.92 Å². The standard InChI is InChI=1S/C15H24BNO2/c1-10(2)12-9-17-13(8-11(12)3)16-18-14(4,5)15(6,7)19-16/h8-10H,1-7H3. The van der Waals surface area contributed by atoms with E-state index < -0.39 is 0 Å². The number of aryl methyl sites for hydroxylation is 1. The van der Waals surface area contributed by atoms with Crippen LogP contribution in [-0.4, -0.2) is 23.3 Å². The molecule has 19 heavy (non-hydrogen) atoms. The van der Waals surface area contributed by atoms with Crippen LogP contribution >= 0.6 is 0 Å². The van der Waals surface area contributed by atoms with E-state index in [0.717, 1.165) is 5.59 Å². The monoisotopic (exact) mass is 261 g/mol. The maximum atomic E-state index is 6.02. The SMILES string of the molecule is Cc1cc(B2OC(C)(C)C(C)(C)O2)ncc1C(C)C. The van der Waals surface area contributed by atoms with Crippen molar-refractivity contribution in [2.45, 2.75) is 65.6 Å². The molecule has 2 heterocycles. The summed E-state index contributed by atoms with van der Waals surface area (Å²) >= 11 is 0. The van der Waals surface area contributed by atoms with E-state index >= 15 is 0 Å². The van der Waals surface area contributed by atoms with Crippen molar-refractivity contribution in [1.29, 1.82) is 0 Å². The second-order valence-corrected chi connectivity index (χ2v) is 6.71. The minimum absolute atomic E-state index is 0.316. The molecule has 0 bridgehead atoms. The molecule has 0 aliphatic carbocycles. The fourth-order valence-corrected chi connectivity index (χ4v) is 2.29. The first kappa shape index (κ1) is 14.5. The summed E-state index contributed by atoms with van der Waals surface area (Å²) in [6, 6.07) is 2.08. The van der Waals surface area contributed by atoms with Crippen LogP contribution in [0.4, 0.5) is 0 Å². The highest BCUT2D eigenvalue weighted by Crippen LogP contribution is 2.36. The van der Waals surface area contributed by atoms with Crippen molar-refractivity contribution in [3.63, 3.8) is 0 Å². The summed E-state index contributed by atoms with van der Waals surface area (Å²) in [6.45, 7) is 14.7. The predicted molar refractivity (Wildman–Crippen MR) is 78.8 cm³/mol. The summed E-state index contributed by atoms with van der Waals surface area (Å²) in [5, 5.41) is 0. The molecule has 3 nitrogen and oxygen atoms in total. The van der Waals surface area contributed by atoms with Crippen molar-refractivity contribution in [2.75, 3.05) is 0 Å². The van der Waals surface area contributed by atoms with Gasteiger partial charge in [0.25, 0.3) is 0 Å². The van der Waals surface area contributed by atoms with E-state index in [4.69, 9.17) is 9.31 Å². The van der Waals surface area contributed by atoms with Gasteiger partial charge in [0.15, 0.2) is 0 Å². The Kier molecular flexibility index (Phi) is 3.52.